The van der Waals surface area contributed by atoms with Crippen LogP contribution >= 0.6 is 11.6 Å². The second-order valence-electron chi connectivity index (χ2n) is 9.70. The lowest BCUT2D eigenvalue weighted by Crippen LogP contribution is -2.41. The number of halogens is 1. The van der Waals surface area contributed by atoms with Crippen LogP contribution < -0.4 is 0 Å². The number of aromatic amines is 1. The van der Waals surface area contributed by atoms with E-state index in [0.29, 0.717) is 43.2 Å². The number of benzene rings is 2. The first kappa shape index (κ1) is 25.1. The second kappa shape index (κ2) is 10.1. The Morgan fingerprint density at radius 1 is 1.14 bits per heavy atom. The molecular formula is C28H31ClN4O4. The van der Waals surface area contributed by atoms with E-state index in [1.807, 2.05) is 42.5 Å². The highest BCUT2D eigenvalue weighted by Gasteiger charge is 2.36. The molecule has 1 aromatic heterocycles. The predicted molar refractivity (Wildman–Crippen MR) is 142 cm³/mol. The molecule has 2 aliphatic heterocycles. The molecule has 1 fully saturated rings. The number of likely N-dealkylation sites (tertiary alicyclic amines) is 1. The molecule has 0 bridgehead atoms. The van der Waals surface area contributed by atoms with Crippen molar-refractivity contribution in [3.63, 3.8) is 0 Å². The Kier molecular flexibility index (Phi) is 6.86. The van der Waals surface area contributed by atoms with Crippen molar-refractivity contribution in [1.29, 1.82) is 0 Å². The van der Waals surface area contributed by atoms with Crippen LogP contribution in [0.25, 0.3) is 10.9 Å². The van der Waals surface area contributed by atoms with Gasteiger partial charge in [-0.25, -0.2) is 4.79 Å². The van der Waals surface area contributed by atoms with Gasteiger partial charge in [0.25, 0.3) is 5.91 Å². The van der Waals surface area contributed by atoms with Gasteiger partial charge in [0, 0.05) is 60.8 Å². The normalized spacial score (nSPS) is 19.1. The van der Waals surface area contributed by atoms with E-state index < -0.39 is 0 Å². The third-order valence-corrected chi connectivity index (χ3v) is 7.79. The minimum absolute atomic E-state index is 0.000839. The van der Waals surface area contributed by atoms with Gasteiger partial charge in [0.05, 0.1) is 12.6 Å². The molecule has 2 aliphatic rings. The molecule has 2 aromatic carbocycles. The van der Waals surface area contributed by atoms with Crippen LogP contribution in [0.5, 0.6) is 0 Å². The molecule has 8 nitrogen and oxygen atoms in total. The average Bonchev–Trinajstić information content (AvgIpc) is 3.52. The van der Waals surface area contributed by atoms with Gasteiger partial charge in [0.15, 0.2) is 0 Å². The number of fused-ring (bicyclic) bond motifs is 3. The fourth-order valence-corrected chi connectivity index (χ4v) is 5.67. The number of nitrogens with one attached hydrogen (secondary N) is 1. The van der Waals surface area contributed by atoms with Gasteiger partial charge in [-0.3, -0.25) is 14.5 Å². The summed E-state index contributed by atoms with van der Waals surface area (Å²) in [5, 5.41) is 1.72. The van der Waals surface area contributed by atoms with Crippen molar-refractivity contribution in [2.45, 2.75) is 38.8 Å². The highest BCUT2D eigenvalue weighted by molar-refractivity contribution is 6.31. The molecule has 3 heterocycles. The SMILES string of the molecule is CCOC(=O)N1CCc2c([nH]c3ccc(Cl)cc23)C1c1ccc(C(=O)N2CCC(N(C)C(C)=O)C2)cc1. The molecule has 5 rings (SSSR count). The highest BCUT2D eigenvalue weighted by atomic mass is 35.5. The van der Waals surface area contributed by atoms with Crippen molar-refractivity contribution in [1.82, 2.24) is 19.7 Å². The Morgan fingerprint density at radius 2 is 1.89 bits per heavy atom. The highest BCUT2D eigenvalue weighted by Crippen LogP contribution is 2.39. The fourth-order valence-electron chi connectivity index (χ4n) is 5.50. The van der Waals surface area contributed by atoms with Gasteiger partial charge in [-0.15, -0.1) is 0 Å². The van der Waals surface area contributed by atoms with E-state index in [9.17, 15) is 14.4 Å². The van der Waals surface area contributed by atoms with E-state index in [4.69, 9.17) is 16.3 Å². The van der Waals surface area contributed by atoms with Gasteiger partial charge in [-0.1, -0.05) is 23.7 Å². The molecule has 9 heteroatoms. The number of amides is 3. The van der Waals surface area contributed by atoms with Gasteiger partial charge < -0.3 is 19.5 Å². The van der Waals surface area contributed by atoms with Crippen molar-refractivity contribution in [3.8, 4) is 0 Å². The molecule has 0 aliphatic carbocycles. The fraction of sp³-hybridized carbons (Fsp3) is 0.393. The van der Waals surface area contributed by atoms with Gasteiger partial charge in [0.1, 0.15) is 6.04 Å². The molecule has 2 unspecified atom stereocenters. The standard InChI is InChI=1S/C28H31ClN4O4/c1-4-37-28(36)33-14-12-22-23-15-20(29)9-10-24(23)30-25(22)26(33)18-5-7-19(8-6-18)27(35)32-13-11-21(16-32)31(3)17(2)34/h5-10,15,21,26,30H,4,11-14,16H2,1-3H3. The van der Waals surface area contributed by atoms with Crippen molar-refractivity contribution in [3.05, 3.63) is 69.9 Å². The zero-order chi connectivity index (χ0) is 26.3. The van der Waals surface area contributed by atoms with Crippen LogP contribution in [0, 0.1) is 0 Å². The number of carbonyl (C=O) groups is 3. The van der Waals surface area contributed by atoms with Crippen LogP contribution in [-0.2, 0) is 16.0 Å². The molecule has 37 heavy (non-hydrogen) atoms. The van der Waals surface area contributed by atoms with Crippen LogP contribution in [-0.4, -0.2) is 76.9 Å². The Labute approximate surface area is 221 Å². The van der Waals surface area contributed by atoms with Crippen LogP contribution in [0.1, 0.15) is 53.5 Å². The summed E-state index contributed by atoms with van der Waals surface area (Å²) in [6.07, 6.45) is 1.09. The third-order valence-electron chi connectivity index (χ3n) is 7.56. The van der Waals surface area contributed by atoms with E-state index in [-0.39, 0.29) is 30.0 Å². The monoisotopic (exact) mass is 522 g/mol. The van der Waals surface area contributed by atoms with Crippen molar-refractivity contribution in [2.75, 3.05) is 33.3 Å². The number of likely N-dealkylation sites (N-methyl/N-ethyl adjacent to an activating group) is 1. The van der Waals surface area contributed by atoms with E-state index in [2.05, 4.69) is 4.98 Å². The molecule has 0 saturated carbocycles. The first-order chi connectivity index (χ1) is 17.8. The zero-order valence-corrected chi connectivity index (χ0v) is 22.0. The zero-order valence-electron chi connectivity index (χ0n) is 21.3. The molecule has 3 aromatic rings. The van der Waals surface area contributed by atoms with Gasteiger partial charge >= 0.3 is 6.09 Å². The molecule has 0 radical (unpaired) electrons. The van der Waals surface area contributed by atoms with Crippen LogP contribution in [0.15, 0.2) is 42.5 Å². The number of rotatable bonds is 4. The van der Waals surface area contributed by atoms with Crippen LogP contribution in [0.3, 0.4) is 0 Å². The van der Waals surface area contributed by atoms with E-state index >= 15 is 0 Å². The molecular weight excluding hydrogens is 492 g/mol. The lowest BCUT2D eigenvalue weighted by atomic mass is 9.92. The molecule has 3 amide bonds. The summed E-state index contributed by atoms with van der Waals surface area (Å²) in [6.45, 7) is 5.28. The number of H-pyrrole nitrogens is 1. The predicted octanol–water partition coefficient (Wildman–Crippen LogP) is 4.62. The largest absolute Gasteiger partial charge is 0.450 e. The second-order valence-corrected chi connectivity index (χ2v) is 10.1. The van der Waals surface area contributed by atoms with Crippen LogP contribution in [0.2, 0.25) is 5.02 Å². The van der Waals surface area contributed by atoms with Gasteiger partial charge in [-0.05, 0) is 61.2 Å². The summed E-state index contributed by atoms with van der Waals surface area (Å²) in [6, 6.07) is 12.9. The molecule has 0 spiro atoms. The van der Waals surface area contributed by atoms with E-state index in [1.165, 1.54) is 0 Å². The van der Waals surface area contributed by atoms with Gasteiger partial charge in [0.2, 0.25) is 5.91 Å². The maximum atomic E-state index is 13.2. The number of aromatic nitrogens is 1. The molecule has 1 saturated heterocycles. The first-order valence-corrected chi connectivity index (χ1v) is 13.0. The summed E-state index contributed by atoms with van der Waals surface area (Å²) in [5.74, 6) is -0.0567. The van der Waals surface area contributed by atoms with Crippen molar-refractivity contribution >= 4 is 40.4 Å². The van der Waals surface area contributed by atoms with E-state index in [1.54, 1.807) is 35.6 Å². The number of ether oxygens (including phenoxy) is 1. The third kappa shape index (κ3) is 4.66. The minimum atomic E-state index is -0.376. The van der Waals surface area contributed by atoms with Crippen molar-refractivity contribution < 1.29 is 19.1 Å². The Morgan fingerprint density at radius 3 is 2.59 bits per heavy atom. The molecule has 2 atom stereocenters. The van der Waals surface area contributed by atoms with Crippen LogP contribution in [0.4, 0.5) is 4.79 Å². The summed E-state index contributed by atoms with van der Waals surface area (Å²) in [7, 11) is 1.78. The number of carbonyl (C=O) groups excluding carboxylic acids is 3. The summed E-state index contributed by atoms with van der Waals surface area (Å²) >= 11 is 6.28. The van der Waals surface area contributed by atoms with Gasteiger partial charge in [-0.2, -0.15) is 0 Å². The average molecular weight is 523 g/mol. The Hall–Kier alpha value is -3.52. The quantitative estimate of drug-likeness (QED) is 0.542. The number of hydrogen-bond donors (Lipinski definition) is 1. The summed E-state index contributed by atoms with van der Waals surface area (Å²) in [4.78, 5) is 46.6. The summed E-state index contributed by atoms with van der Waals surface area (Å²) < 4.78 is 5.38. The number of nitrogens with zero attached hydrogens (tertiary/aromatic N) is 3. The smallest absolute Gasteiger partial charge is 0.410 e. The summed E-state index contributed by atoms with van der Waals surface area (Å²) in [5.41, 5.74) is 4.51. The Bertz CT molecular complexity index is 1350. The first-order valence-electron chi connectivity index (χ1n) is 12.6. The lowest BCUT2D eigenvalue weighted by molar-refractivity contribution is -0.129. The number of hydrogen-bond acceptors (Lipinski definition) is 4. The molecule has 1 N–H and O–H groups in total. The lowest BCUT2D eigenvalue weighted by Gasteiger charge is -2.35. The van der Waals surface area contributed by atoms with Crippen molar-refractivity contribution in [2.24, 2.45) is 0 Å². The van der Waals surface area contributed by atoms with E-state index in [0.717, 1.165) is 34.1 Å². The molecule has 194 valence electrons. The topological polar surface area (TPSA) is 85.9 Å². The Balaban J connectivity index is 1.44. The maximum absolute atomic E-state index is 13.2. The maximum Gasteiger partial charge on any atom is 0.410 e. The minimum Gasteiger partial charge on any atom is -0.450 e.